The average Bonchev–Trinajstić information content (AvgIpc) is 3.07. The molecule has 1 aromatic rings. The fourth-order valence-electron chi connectivity index (χ4n) is 2.67. The highest BCUT2D eigenvalue weighted by Gasteiger charge is 2.34. The van der Waals surface area contributed by atoms with Crippen LogP contribution in [0.15, 0.2) is 21.5 Å². The zero-order valence-electron chi connectivity index (χ0n) is 12.7. The Bertz CT molecular complexity index is 698. The smallest absolute Gasteiger partial charge is 0.334 e. The Balaban J connectivity index is 1.61. The molecule has 0 atom stereocenters. The molecule has 0 unspecified atom stereocenters. The van der Waals surface area contributed by atoms with Gasteiger partial charge in [0.25, 0.3) is 5.91 Å². The van der Waals surface area contributed by atoms with E-state index in [-0.39, 0.29) is 11.9 Å². The highest BCUT2D eigenvalue weighted by atomic mass is 127. The Hall–Kier alpha value is -1.07. The molecule has 3 rings (SSSR count). The molecule has 2 aliphatic rings. The van der Waals surface area contributed by atoms with Crippen molar-refractivity contribution in [3.8, 4) is 0 Å². The molecule has 2 N–H and O–H groups in total. The van der Waals surface area contributed by atoms with Crippen molar-refractivity contribution in [1.82, 2.24) is 15.8 Å². The van der Waals surface area contributed by atoms with Crippen LogP contribution in [0.2, 0.25) is 0 Å². The normalized spacial score (nSPS) is 20.7. The van der Waals surface area contributed by atoms with Crippen LogP contribution in [-0.2, 0) is 4.79 Å². The van der Waals surface area contributed by atoms with Gasteiger partial charge < -0.3 is 9.73 Å². The number of nitrogens with zero attached hydrogens (tertiary/aromatic N) is 1. The van der Waals surface area contributed by atoms with Gasteiger partial charge in [-0.3, -0.25) is 4.79 Å². The number of hydrogen-bond acceptors (Lipinski definition) is 5. The standard InChI is InChI=1S/C15H16IN3O3S2/c16-12-7-6-10(22-12)8-11-13(20)19(15(23)24-11)18-14(21)17-9-4-2-1-3-5-9/h6-9H,1-5H2,(H2,17,18,21). The number of hydrogen-bond donors (Lipinski definition) is 2. The second kappa shape index (κ2) is 7.87. The van der Waals surface area contributed by atoms with Crippen LogP contribution in [0.3, 0.4) is 0 Å². The monoisotopic (exact) mass is 477 g/mol. The van der Waals surface area contributed by atoms with E-state index in [1.54, 1.807) is 12.1 Å². The largest absolute Gasteiger partial charge is 0.451 e. The lowest BCUT2D eigenvalue weighted by atomic mass is 9.96. The number of furan rings is 1. The lowest BCUT2D eigenvalue weighted by Crippen LogP contribution is -2.51. The maximum Gasteiger partial charge on any atom is 0.334 e. The van der Waals surface area contributed by atoms with Gasteiger partial charge in [0.05, 0.1) is 4.91 Å². The fourth-order valence-corrected chi connectivity index (χ4v) is 4.26. The summed E-state index contributed by atoms with van der Waals surface area (Å²) in [5.74, 6) is 0.224. The number of carbonyl (C=O) groups excluding carboxylic acids is 2. The van der Waals surface area contributed by atoms with Crippen molar-refractivity contribution in [2.75, 3.05) is 0 Å². The Morgan fingerprint density at radius 1 is 1.38 bits per heavy atom. The van der Waals surface area contributed by atoms with E-state index in [4.69, 9.17) is 16.6 Å². The van der Waals surface area contributed by atoms with E-state index in [1.807, 2.05) is 6.07 Å². The maximum absolute atomic E-state index is 12.4. The zero-order chi connectivity index (χ0) is 17.1. The summed E-state index contributed by atoms with van der Waals surface area (Å²) in [6.45, 7) is 0. The number of hydrazine groups is 1. The molecule has 1 aliphatic heterocycles. The van der Waals surface area contributed by atoms with Gasteiger partial charge in [-0.05, 0) is 59.8 Å². The van der Waals surface area contributed by atoms with E-state index in [2.05, 4.69) is 33.3 Å². The molecule has 3 amide bonds. The summed E-state index contributed by atoms with van der Waals surface area (Å²) < 4.78 is 6.46. The van der Waals surface area contributed by atoms with E-state index < -0.39 is 6.03 Å². The molecular weight excluding hydrogens is 461 g/mol. The van der Waals surface area contributed by atoms with E-state index >= 15 is 0 Å². The van der Waals surface area contributed by atoms with Crippen molar-refractivity contribution in [2.45, 2.75) is 38.1 Å². The molecule has 0 aromatic carbocycles. The molecule has 0 bridgehead atoms. The summed E-state index contributed by atoms with van der Waals surface area (Å²) in [7, 11) is 0. The number of carbonyl (C=O) groups is 2. The van der Waals surface area contributed by atoms with Crippen LogP contribution < -0.4 is 10.7 Å². The molecule has 0 spiro atoms. The van der Waals surface area contributed by atoms with Crippen molar-refractivity contribution in [2.24, 2.45) is 0 Å². The third-order valence-electron chi connectivity index (χ3n) is 3.81. The molecule has 2 heterocycles. The van der Waals surface area contributed by atoms with E-state index in [0.29, 0.717) is 15.0 Å². The first kappa shape index (κ1) is 17.7. The van der Waals surface area contributed by atoms with Gasteiger partial charge in [0.15, 0.2) is 8.09 Å². The minimum Gasteiger partial charge on any atom is -0.451 e. The van der Waals surface area contributed by atoms with Crippen molar-refractivity contribution in [1.29, 1.82) is 0 Å². The highest BCUT2D eigenvalue weighted by Crippen LogP contribution is 2.31. The summed E-state index contributed by atoms with van der Waals surface area (Å²) in [4.78, 5) is 24.9. The topological polar surface area (TPSA) is 74.6 Å². The van der Waals surface area contributed by atoms with Gasteiger partial charge in [0.2, 0.25) is 0 Å². The summed E-state index contributed by atoms with van der Waals surface area (Å²) >= 11 is 8.38. The van der Waals surface area contributed by atoms with Gasteiger partial charge >= 0.3 is 6.03 Å². The zero-order valence-corrected chi connectivity index (χ0v) is 16.5. The molecule has 2 fully saturated rings. The number of halogens is 1. The van der Waals surface area contributed by atoms with Crippen LogP contribution >= 0.6 is 46.6 Å². The van der Waals surface area contributed by atoms with Crippen LogP contribution in [0.4, 0.5) is 4.79 Å². The molecule has 1 saturated carbocycles. The Labute approximate surface area is 162 Å². The van der Waals surface area contributed by atoms with Crippen LogP contribution in [-0.4, -0.2) is 27.3 Å². The summed E-state index contributed by atoms with van der Waals surface area (Å²) in [5.41, 5.74) is 2.55. The van der Waals surface area contributed by atoms with Crippen molar-refractivity contribution >= 4 is 68.9 Å². The number of thiocarbonyl (C=S) groups is 1. The third-order valence-corrected chi connectivity index (χ3v) is 5.70. The second-order valence-electron chi connectivity index (χ2n) is 5.58. The minimum absolute atomic E-state index is 0.165. The lowest BCUT2D eigenvalue weighted by molar-refractivity contribution is -0.123. The molecule has 1 aliphatic carbocycles. The molecule has 0 radical (unpaired) electrons. The Kier molecular flexibility index (Phi) is 5.82. The lowest BCUT2D eigenvalue weighted by Gasteiger charge is -2.24. The summed E-state index contributed by atoms with van der Waals surface area (Å²) in [5, 5.41) is 4.01. The highest BCUT2D eigenvalue weighted by molar-refractivity contribution is 14.1. The maximum atomic E-state index is 12.4. The van der Waals surface area contributed by atoms with Gasteiger partial charge in [-0.1, -0.05) is 31.0 Å². The molecule has 1 saturated heterocycles. The van der Waals surface area contributed by atoms with Gasteiger partial charge in [-0.15, -0.1) is 0 Å². The first-order valence-corrected chi connectivity index (χ1v) is 9.94. The third kappa shape index (κ3) is 4.31. The van der Waals surface area contributed by atoms with Crippen LogP contribution in [0.5, 0.6) is 0 Å². The fraction of sp³-hybridized carbons (Fsp3) is 0.400. The van der Waals surface area contributed by atoms with Gasteiger partial charge in [0.1, 0.15) is 5.76 Å². The van der Waals surface area contributed by atoms with Crippen molar-refractivity contribution in [3.05, 3.63) is 26.6 Å². The number of amides is 3. The molecule has 24 heavy (non-hydrogen) atoms. The van der Waals surface area contributed by atoms with Crippen LogP contribution in [0.25, 0.3) is 6.08 Å². The molecule has 128 valence electrons. The Morgan fingerprint density at radius 2 is 2.12 bits per heavy atom. The molecule has 1 aromatic heterocycles. The predicted molar refractivity (Wildman–Crippen MR) is 105 cm³/mol. The molecule has 6 nitrogen and oxygen atoms in total. The van der Waals surface area contributed by atoms with Crippen LogP contribution in [0.1, 0.15) is 37.9 Å². The van der Waals surface area contributed by atoms with Gasteiger partial charge in [0, 0.05) is 12.1 Å². The summed E-state index contributed by atoms with van der Waals surface area (Å²) in [6, 6.07) is 3.35. The first-order valence-electron chi connectivity index (χ1n) is 7.63. The van der Waals surface area contributed by atoms with E-state index in [1.165, 1.54) is 6.42 Å². The summed E-state index contributed by atoms with van der Waals surface area (Å²) in [6.07, 6.45) is 7.03. The Morgan fingerprint density at radius 3 is 2.79 bits per heavy atom. The van der Waals surface area contributed by atoms with E-state index in [0.717, 1.165) is 46.2 Å². The SMILES string of the molecule is O=C(NC1CCCCC1)NN1C(=O)C(=Cc2ccc(I)o2)SC1=S. The first-order chi connectivity index (χ1) is 11.5. The number of thioether (sulfide) groups is 1. The van der Waals surface area contributed by atoms with Gasteiger partial charge in [-0.2, -0.15) is 5.01 Å². The molecule has 9 heteroatoms. The van der Waals surface area contributed by atoms with Crippen molar-refractivity contribution in [3.63, 3.8) is 0 Å². The molecular formula is C15H16IN3O3S2. The van der Waals surface area contributed by atoms with Crippen LogP contribution in [0, 0.1) is 3.77 Å². The number of rotatable bonds is 3. The number of urea groups is 1. The second-order valence-corrected chi connectivity index (χ2v) is 8.32. The number of nitrogens with one attached hydrogen (secondary N) is 2. The van der Waals surface area contributed by atoms with Crippen molar-refractivity contribution < 1.29 is 14.0 Å². The quantitative estimate of drug-likeness (QED) is 0.395. The predicted octanol–water partition coefficient (Wildman–Crippen LogP) is 3.63. The van der Waals surface area contributed by atoms with Gasteiger partial charge in [-0.25, -0.2) is 10.2 Å². The minimum atomic E-state index is -0.396. The average molecular weight is 477 g/mol. The van der Waals surface area contributed by atoms with E-state index in [9.17, 15) is 9.59 Å².